The van der Waals surface area contributed by atoms with Crippen LogP contribution in [0.4, 0.5) is 5.69 Å². The van der Waals surface area contributed by atoms with Crippen molar-refractivity contribution in [2.75, 3.05) is 0 Å². The number of pyridine rings is 2. The van der Waals surface area contributed by atoms with Crippen LogP contribution in [0, 0.1) is 10.1 Å². The second-order valence-electron chi connectivity index (χ2n) is 7.59. The fourth-order valence-electron chi connectivity index (χ4n) is 3.99. The maximum Gasteiger partial charge on any atom is 0.270 e. The van der Waals surface area contributed by atoms with Crippen molar-refractivity contribution in [1.82, 2.24) is 20.2 Å². The largest absolute Gasteiger partial charge is 0.459 e. The van der Waals surface area contributed by atoms with Crippen molar-refractivity contribution in [3.63, 3.8) is 0 Å². The van der Waals surface area contributed by atoms with E-state index in [-0.39, 0.29) is 17.8 Å². The Hall–Kier alpha value is -4.11. The molecule has 4 heterocycles. The van der Waals surface area contributed by atoms with E-state index in [1.54, 1.807) is 24.5 Å². The summed E-state index contributed by atoms with van der Waals surface area (Å²) >= 11 is 5.68. The monoisotopic (exact) mass is 457 g/mol. The number of non-ortho nitro benzene ring substituents is 1. The molecule has 1 aliphatic heterocycles. The molecule has 1 N–H and O–H groups in total. The van der Waals surface area contributed by atoms with Crippen molar-refractivity contribution >= 4 is 23.0 Å². The van der Waals surface area contributed by atoms with Crippen molar-refractivity contribution < 1.29 is 9.34 Å². The summed E-state index contributed by atoms with van der Waals surface area (Å²) in [6, 6.07) is 21.1. The molecule has 1 aromatic carbocycles. The van der Waals surface area contributed by atoms with E-state index < -0.39 is 4.92 Å². The smallest absolute Gasteiger partial charge is 0.270 e. The molecule has 0 radical (unpaired) electrons. The quantitative estimate of drug-likeness (QED) is 0.250. The van der Waals surface area contributed by atoms with E-state index in [2.05, 4.69) is 15.3 Å². The molecule has 1 aliphatic rings. The van der Waals surface area contributed by atoms with Crippen molar-refractivity contribution in [3.8, 4) is 11.3 Å². The molecule has 8 nitrogen and oxygen atoms in total. The molecule has 5 rings (SSSR count). The van der Waals surface area contributed by atoms with E-state index in [1.807, 2.05) is 53.4 Å². The Bertz CT molecular complexity index is 1300. The SMILES string of the molecule is O=[N+]([O-])c1cccc(-c2ccc([C@@H]3[C@H](c4ccccn4)NC(=S)N3Cc3ccccn3)o2)c1. The molecule has 164 valence electrons. The van der Waals surface area contributed by atoms with Gasteiger partial charge in [-0.3, -0.25) is 20.1 Å². The van der Waals surface area contributed by atoms with Gasteiger partial charge >= 0.3 is 0 Å². The number of aromatic nitrogens is 2. The van der Waals surface area contributed by atoms with Crippen LogP contribution in [-0.4, -0.2) is 24.9 Å². The van der Waals surface area contributed by atoms with Gasteiger partial charge in [-0.05, 0) is 48.6 Å². The Balaban J connectivity index is 1.53. The molecule has 0 bridgehead atoms. The summed E-state index contributed by atoms with van der Waals surface area (Å²) in [6.07, 6.45) is 3.50. The number of nitro groups is 1. The van der Waals surface area contributed by atoms with Gasteiger partial charge in [0.05, 0.1) is 28.9 Å². The molecule has 0 spiro atoms. The third-order valence-corrected chi connectivity index (χ3v) is 5.87. The summed E-state index contributed by atoms with van der Waals surface area (Å²) in [5.74, 6) is 1.22. The zero-order valence-electron chi connectivity index (χ0n) is 17.4. The Kier molecular flexibility index (Phi) is 5.54. The van der Waals surface area contributed by atoms with Crippen LogP contribution in [0.25, 0.3) is 11.3 Å². The molecule has 1 fully saturated rings. The number of furan rings is 1. The van der Waals surface area contributed by atoms with Crippen molar-refractivity contribution in [2.45, 2.75) is 18.6 Å². The summed E-state index contributed by atoms with van der Waals surface area (Å²) < 4.78 is 6.24. The molecule has 0 aliphatic carbocycles. The van der Waals surface area contributed by atoms with E-state index in [1.165, 1.54) is 12.1 Å². The van der Waals surface area contributed by atoms with E-state index in [0.29, 0.717) is 28.7 Å². The number of hydrogen-bond acceptors (Lipinski definition) is 6. The van der Waals surface area contributed by atoms with Crippen LogP contribution in [0.1, 0.15) is 29.2 Å². The molecule has 0 unspecified atom stereocenters. The van der Waals surface area contributed by atoms with E-state index in [0.717, 1.165) is 11.4 Å². The average Bonchev–Trinajstić information content (AvgIpc) is 3.45. The van der Waals surface area contributed by atoms with Gasteiger partial charge in [-0.2, -0.15) is 0 Å². The van der Waals surface area contributed by atoms with E-state index in [9.17, 15) is 10.1 Å². The summed E-state index contributed by atoms with van der Waals surface area (Å²) in [6.45, 7) is 0.494. The molecule has 33 heavy (non-hydrogen) atoms. The van der Waals surface area contributed by atoms with E-state index >= 15 is 0 Å². The molecule has 9 heteroatoms. The lowest BCUT2D eigenvalue weighted by molar-refractivity contribution is -0.384. The highest BCUT2D eigenvalue weighted by atomic mass is 32.1. The van der Waals surface area contributed by atoms with Crippen molar-refractivity contribution in [3.05, 3.63) is 112 Å². The first-order valence-corrected chi connectivity index (χ1v) is 10.7. The summed E-state index contributed by atoms with van der Waals surface area (Å²) in [5, 5.41) is 15.1. The summed E-state index contributed by atoms with van der Waals surface area (Å²) in [5.41, 5.74) is 2.35. The molecule has 2 atom stereocenters. The first kappa shape index (κ1) is 20.8. The van der Waals surface area contributed by atoms with Crippen molar-refractivity contribution in [1.29, 1.82) is 0 Å². The first-order valence-electron chi connectivity index (χ1n) is 10.3. The topological polar surface area (TPSA) is 97.3 Å². The maximum absolute atomic E-state index is 11.2. The standard InChI is InChI=1S/C24H19N5O3S/c30-29(31)18-8-5-6-16(14-18)20-10-11-21(32-20)23-22(19-9-2-4-13-26-19)27-24(33)28(23)15-17-7-1-3-12-25-17/h1-14,22-23H,15H2,(H,27,33)/t22-,23+/m0/s1. The van der Waals surface area contributed by atoms with Crippen LogP contribution in [0.2, 0.25) is 0 Å². The van der Waals surface area contributed by atoms with Gasteiger partial charge in [0.25, 0.3) is 5.69 Å². The lowest BCUT2D eigenvalue weighted by Gasteiger charge is -2.25. The van der Waals surface area contributed by atoms with Crippen LogP contribution >= 0.6 is 12.2 Å². The van der Waals surface area contributed by atoms with Gasteiger partial charge in [-0.25, -0.2) is 0 Å². The number of nitro benzene ring substituents is 1. The van der Waals surface area contributed by atoms with Crippen LogP contribution in [0.3, 0.4) is 0 Å². The van der Waals surface area contributed by atoms with Crippen LogP contribution in [0.5, 0.6) is 0 Å². The average molecular weight is 458 g/mol. The van der Waals surface area contributed by atoms with Crippen molar-refractivity contribution in [2.24, 2.45) is 0 Å². The third-order valence-electron chi connectivity index (χ3n) is 5.52. The minimum Gasteiger partial charge on any atom is -0.459 e. The second-order valence-corrected chi connectivity index (χ2v) is 7.97. The zero-order chi connectivity index (χ0) is 22.8. The number of nitrogens with one attached hydrogen (secondary N) is 1. The fraction of sp³-hybridized carbons (Fsp3) is 0.125. The van der Waals surface area contributed by atoms with Gasteiger partial charge in [-0.1, -0.05) is 24.3 Å². The minimum atomic E-state index is -0.418. The number of benzene rings is 1. The molecule has 4 aromatic rings. The molecule has 1 saturated heterocycles. The zero-order valence-corrected chi connectivity index (χ0v) is 18.2. The van der Waals surface area contributed by atoms with Gasteiger partial charge in [-0.15, -0.1) is 0 Å². The van der Waals surface area contributed by atoms with Crippen LogP contribution < -0.4 is 5.32 Å². The third kappa shape index (κ3) is 4.18. The van der Waals surface area contributed by atoms with E-state index in [4.69, 9.17) is 16.6 Å². The molecular formula is C24H19N5O3S. The number of rotatable bonds is 6. The summed E-state index contributed by atoms with van der Waals surface area (Å²) in [4.78, 5) is 21.8. The summed E-state index contributed by atoms with van der Waals surface area (Å²) in [7, 11) is 0. The Morgan fingerprint density at radius 3 is 2.58 bits per heavy atom. The normalized spacial score (nSPS) is 17.7. The minimum absolute atomic E-state index is 0.0114. The number of hydrogen-bond donors (Lipinski definition) is 1. The lowest BCUT2D eigenvalue weighted by atomic mass is 10.0. The van der Waals surface area contributed by atoms with Crippen LogP contribution in [-0.2, 0) is 6.54 Å². The Labute approximate surface area is 195 Å². The lowest BCUT2D eigenvalue weighted by Crippen LogP contribution is -2.29. The predicted molar refractivity (Wildman–Crippen MR) is 126 cm³/mol. The van der Waals surface area contributed by atoms with Gasteiger partial charge in [0.2, 0.25) is 0 Å². The van der Waals surface area contributed by atoms with Gasteiger partial charge < -0.3 is 14.6 Å². The van der Waals surface area contributed by atoms with Gasteiger partial charge in [0.15, 0.2) is 5.11 Å². The Morgan fingerprint density at radius 2 is 1.85 bits per heavy atom. The molecule has 0 saturated carbocycles. The fourth-order valence-corrected chi connectivity index (χ4v) is 4.30. The highest BCUT2D eigenvalue weighted by Gasteiger charge is 2.41. The highest BCUT2D eigenvalue weighted by molar-refractivity contribution is 7.80. The van der Waals surface area contributed by atoms with Gasteiger partial charge in [0.1, 0.15) is 17.6 Å². The molecule has 0 amide bonds. The van der Waals surface area contributed by atoms with Crippen LogP contribution in [0.15, 0.2) is 89.6 Å². The number of thiocarbonyl (C=S) groups is 1. The maximum atomic E-state index is 11.2. The predicted octanol–water partition coefficient (Wildman–Crippen LogP) is 4.82. The second kappa shape index (κ2) is 8.79. The Morgan fingerprint density at radius 1 is 1.03 bits per heavy atom. The first-order chi connectivity index (χ1) is 16.1. The van der Waals surface area contributed by atoms with Gasteiger partial charge in [0, 0.05) is 30.1 Å². The highest BCUT2D eigenvalue weighted by Crippen LogP contribution is 2.41. The number of nitrogens with zero attached hydrogens (tertiary/aromatic N) is 4. The molecule has 3 aromatic heterocycles. The molecular weight excluding hydrogens is 438 g/mol.